The highest BCUT2D eigenvalue weighted by Gasteiger charge is 2.66. The SMILES string of the molecule is CCCNCCC[C@@H](C)[C@H]1CC[C@H]2C3[C@H](OCCCN)CC4C[C@H](OCCCN)CCC4(C)[C@H]3C[C@H](OCCCN)[C@]12C. The number of rotatable bonds is 19. The maximum Gasteiger partial charge on any atom is 0.0637 e. The molecular formula is C36H70N4O3. The van der Waals surface area contributed by atoms with E-state index < -0.39 is 0 Å². The van der Waals surface area contributed by atoms with Crippen molar-refractivity contribution in [2.24, 2.45) is 63.5 Å². The molecule has 7 heteroatoms. The van der Waals surface area contributed by atoms with Gasteiger partial charge < -0.3 is 36.7 Å². The van der Waals surface area contributed by atoms with Gasteiger partial charge in [0, 0.05) is 25.2 Å². The smallest absolute Gasteiger partial charge is 0.0637 e. The molecule has 7 nitrogen and oxygen atoms in total. The van der Waals surface area contributed by atoms with Crippen molar-refractivity contribution >= 4 is 0 Å². The van der Waals surface area contributed by atoms with Crippen LogP contribution in [-0.4, -0.2) is 70.9 Å². The van der Waals surface area contributed by atoms with Crippen molar-refractivity contribution in [3.63, 3.8) is 0 Å². The lowest BCUT2D eigenvalue weighted by Crippen LogP contribution is -2.63. The van der Waals surface area contributed by atoms with Crippen molar-refractivity contribution in [1.82, 2.24) is 5.32 Å². The van der Waals surface area contributed by atoms with Crippen LogP contribution < -0.4 is 22.5 Å². The summed E-state index contributed by atoms with van der Waals surface area (Å²) in [6.45, 7) is 16.8. The molecule has 0 spiro atoms. The Morgan fingerprint density at radius 2 is 1.49 bits per heavy atom. The third-order valence-corrected chi connectivity index (χ3v) is 12.9. The van der Waals surface area contributed by atoms with E-state index in [-0.39, 0.29) is 5.41 Å². The zero-order valence-corrected chi connectivity index (χ0v) is 28.5. The summed E-state index contributed by atoms with van der Waals surface area (Å²) < 4.78 is 20.3. The fourth-order valence-electron chi connectivity index (χ4n) is 10.6. The monoisotopic (exact) mass is 607 g/mol. The van der Waals surface area contributed by atoms with Crippen LogP contribution in [0.3, 0.4) is 0 Å². The van der Waals surface area contributed by atoms with Crippen molar-refractivity contribution in [3.05, 3.63) is 0 Å². The minimum absolute atomic E-state index is 0.188. The first-order valence-electron chi connectivity index (χ1n) is 18.5. The van der Waals surface area contributed by atoms with E-state index in [9.17, 15) is 0 Å². The highest BCUT2D eigenvalue weighted by atomic mass is 16.5. The summed E-state index contributed by atoms with van der Waals surface area (Å²) in [5.74, 6) is 3.94. The number of nitrogens with one attached hydrogen (secondary N) is 1. The van der Waals surface area contributed by atoms with E-state index in [0.29, 0.717) is 78.9 Å². The van der Waals surface area contributed by atoms with Crippen LogP contribution >= 0.6 is 0 Å². The van der Waals surface area contributed by atoms with Gasteiger partial charge in [-0.3, -0.25) is 0 Å². The second kappa shape index (κ2) is 17.0. The van der Waals surface area contributed by atoms with Gasteiger partial charge in [0.1, 0.15) is 0 Å². The number of nitrogens with two attached hydrogens (primary N) is 3. The fourth-order valence-corrected chi connectivity index (χ4v) is 10.6. The Labute approximate surface area is 264 Å². The largest absolute Gasteiger partial charge is 0.378 e. The van der Waals surface area contributed by atoms with Gasteiger partial charge >= 0.3 is 0 Å². The Morgan fingerprint density at radius 3 is 2.19 bits per heavy atom. The Morgan fingerprint density at radius 1 is 0.791 bits per heavy atom. The molecule has 3 unspecified atom stereocenters. The van der Waals surface area contributed by atoms with Crippen LogP contribution in [0.5, 0.6) is 0 Å². The first kappa shape index (κ1) is 35.6. The molecule has 4 aliphatic rings. The molecular weight excluding hydrogens is 536 g/mol. The highest BCUT2D eigenvalue weighted by molar-refractivity contribution is 5.15. The number of hydrogen-bond acceptors (Lipinski definition) is 7. The molecule has 0 bridgehead atoms. The van der Waals surface area contributed by atoms with Gasteiger partial charge in [0.05, 0.1) is 18.3 Å². The van der Waals surface area contributed by atoms with Crippen molar-refractivity contribution < 1.29 is 14.2 Å². The molecule has 43 heavy (non-hydrogen) atoms. The summed E-state index contributed by atoms with van der Waals surface area (Å²) in [5.41, 5.74) is 18.2. The van der Waals surface area contributed by atoms with Gasteiger partial charge in [0.15, 0.2) is 0 Å². The average molecular weight is 607 g/mol. The summed E-state index contributed by atoms with van der Waals surface area (Å²) >= 11 is 0. The molecule has 0 aliphatic heterocycles. The lowest BCUT2D eigenvalue weighted by atomic mass is 9.43. The Kier molecular flexibility index (Phi) is 14.1. The van der Waals surface area contributed by atoms with E-state index in [0.717, 1.165) is 58.6 Å². The molecule has 7 N–H and O–H groups in total. The Hall–Kier alpha value is -0.280. The van der Waals surface area contributed by atoms with Crippen LogP contribution in [0.1, 0.15) is 111 Å². The summed E-state index contributed by atoms with van der Waals surface area (Å²) in [7, 11) is 0. The molecule has 0 heterocycles. The topological polar surface area (TPSA) is 118 Å². The molecule has 11 atom stereocenters. The lowest BCUT2D eigenvalue weighted by molar-refractivity contribution is -0.227. The van der Waals surface area contributed by atoms with E-state index in [1.54, 1.807) is 0 Å². The standard InChI is InChI=1S/C36H70N4O3/c1-5-18-40-19-6-10-26(2)29-11-12-30-34-31(25-33(36(29,30)4)43-22-9-17-39)35(3)14-13-28(41-20-7-15-37)23-27(35)24-32(34)42-21-8-16-38/h26-34,40H,5-25,37-39H2,1-4H3/t26-,27?,28-,29-,30+,31+,32-,33+,34?,35?,36-/m1/s1. The molecule has 252 valence electrons. The van der Waals surface area contributed by atoms with Crippen molar-refractivity contribution in [3.8, 4) is 0 Å². The molecule has 0 aromatic carbocycles. The summed E-state index contributed by atoms with van der Waals surface area (Å²) in [4.78, 5) is 0. The average Bonchev–Trinajstić information content (AvgIpc) is 3.36. The van der Waals surface area contributed by atoms with Crippen LogP contribution in [0.2, 0.25) is 0 Å². The predicted molar refractivity (Wildman–Crippen MR) is 178 cm³/mol. The normalized spacial score (nSPS) is 39.7. The highest BCUT2D eigenvalue weighted by Crippen LogP contribution is 2.69. The van der Waals surface area contributed by atoms with Crippen LogP contribution in [0, 0.1) is 46.3 Å². The summed E-state index contributed by atoms with van der Waals surface area (Å²) in [6.07, 6.45) is 16.2. The van der Waals surface area contributed by atoms with Crippen LogP contribution in [0.15, 0.2) is 0 Å². The van der Waals surface area contributed by atoms with Gasteiger partial charge in [-0.1, -0.05) is 27.7 Å². The van der Waals surface area contributed by atoms with Gasteiger partial charge in [0.2, 0.25) is 0 Å². The van der Waals surface area contributed by atoms with Gasteiger partial charge in [-0.15, -0.1) is 0 Å². The van der Waals surface area contributed by atoms with Crippen LogP contribution in [0.25, 0.3) is 0 Å². The fraction of sp³-hybridized carbons (Fsp3) is 1.00. The molecule has 0 saturated heterocycles. The van der Waals surface area contributed by atoms with E-state index in [1.807, 2.05) is 0 Å². The van der Waals surface area contributed by atoms with E-state index in [2.05, 4.69) is 33.0 Å². The minimum Gasteiger partial charge on any atom is -0.378 e. The Balaban J connectivity index is 1.59. The lowest BCUT2D eigenvalue weighted by Gasteiger charge is -2.65. The number of hydrogen-bond donors (Lipinski definition) is 4. The van der Waals surface area contributed by atoms with Crippen molar-refractivity contribution in [1.29, 1.82) is 0 Å². The first-order valence-corrected chi connectivity index (χ1v) is 18.5. The molecule has 4 fully saturated rings. The van der Waals surface area contributed by atoms with Crippen molar-refractivity contribution in [2.45, 2.75) is 129 Å². The Bertz CT molecular complexity index is 802. The predicted octanol–water partition coefficient (Wildman–Crippen LogP) is 5.48. The quantitative estimate of drug-likeness (QED) is 0.144. The zero-order valence-electron chi connectivity index (χ0n) is 28.5. The van der Waals surface area contributed by atoms with E-state index in [1.165, 1.54) is 57.8 Å². The van der Waals surface area contributed by atoms with Crippen molar-refractivity contribution in [2.75, 3.05) is 52.5 Å². The molecule has 0 aromatic heterocycles. The van der Waals surface area contributed by atoms with Gasteiger partial charge in [-0.2, -0.15) is 0 Å². The summed E-state index contributed by atoms with van der Waals surface area (Å²) in [6, 6.07) is 0. The van der Waals surface area contributed by atoms with E-state index in [4.69, 9.17) is 31.4 Å². The van der Waals surface area contributed by atoms with Gasteiger partial charge in [-0.05, 0) is 157 Å². The van der Waals surface area contributed by atoms with Crippen LogP contribution in [0.4, 0.5) is 0 Å². The number of fused-ring (bicyclic) bond motifs is 5. The third-order valence-electron chi connectivity index (χ3n) is 12.9. The van der Waals surface area contributed by atoms with Crippen LogP contribution in [-0.2, 0) is 14.2 Å². The molecule has 0 aromatic rings. The minimum atomic E-state index is 0.188. The molecule has 0 radical (unpaired) electrons. The number of ether oxygens (including phenoxy) is 3. The van der Waals surface area contributed by atoms with Gasteiger partial charge in [0.25, 0.3) is 0 Å². The zero-order chi connectivity index (χ0) is 30.9. The molecule has 4 saturated carbocycles. The second-order valence-electron chi connectivity index (χ2n) is 15.3. The maximum atomic E-state index is 6.99. The maximum absolute atomic E-state index is 6.99. The molecule has 4 aliphatic carbocycles. The third kappa shape index (κ3) is 8.00. The second-order valence-corrected chi connectivity index (χ2v) is 15.3. The van der Waals surface area contributed by atoms with Gasteiger partial charge in [-0.25, -0.2) is 0 Å². The first-order chi connectivity index (χ1) is 20.8. The molecule has 4 rings (SSSR count). The molecule has 0 amide bonds. The van der Waals surface area contributed by atoms with E-state index >= 15 is 0 Å². The summed E-state index contributed by atoms with van der Waals surface area (Å²) in [5, 5.41) is 3.63.